The topological polar surface area (TPSA) is 139 Å². The smallest absolute Gasteiger partial charge is 0.242 e. The van der Waals surface area contributed by atoms with Crippen LogP contribution in [0.2, 0.25) is 5.02 Å². The molecular weight excluding hydrogens is 876 g/mol. The van der Waals surface area contributed by atoms with Gasteiger partial charge in [-0.2, -0.15) is 0 Å². The first-order valence-corrected chi connectivity index (χ1v) is 22.7. The summed E-state index contributed by atoms with van der Waals surface area (Å²) in [6.45, 7) is 9.60. The number of nitrogens with zero attached hydrogens (tertiary/aromatic N) is 5. The van der Waals surface area contributed by atoms with E-state index in [-0.39, 0.29) is 24.1 Å². The van der Waals surface area contributed by atoms with E-state index in [1.54, 1.807) is 16.2 Å². The highest BCUT2D eigenvalue weighted by molar-refractivity contribution is 7.15. The Kier molecular flexibility index (Phi) is 16.6. The molecule has 2 aromatic heterocycles. The van der Waals surface area contributed by atoms with E-state index in [1.807, 2.05) is 115 Å². The first kappa shape index (κ1) is 46.4. The monoisotopic (exact) mass is 924 g/mol. The molecule has 0 aliphatic carbocycles. The van der Waals surface area contributed by atoms with Crippen LogP contribution in [0.5, 0.6) is 17.2 Å². The molecule has 0 saturated heterocycles. The summed E-state index contributed by atoms with van der Waals surface area (Å²) >= 11 is 13.8. The van der Waals surface area contributed by atoms with Gasteiger partial charge in [-0.15, -0.1) is 33.1 Å². The maximum Gasteiger partial charge on any atom is 0.242 e. The molecule has 1 aliphatic rings. The van der Waals surface area contributed by atoms with Crippen molar-refractivity contribution in [3.63, 3.8) is 0 Å². The number of fused-ring (bicyclic) bond motifs is 3. The summed E-state index contributed by atoms with van der Waals surface area (Å²) in [7, 11) is 0. The van der Waals surface area contributed by atoms with Gasteiger partial charge in [-0.25, -0.2) is 0 Å². The van der Waals surface area contributed by atoms with Crippen LogP contribution in [0.1, 0.15) is 51.2 Å². The number of anilines is 1. The molecule has 0 fully saturated rings. The van der Waals surface area contributed by atoms with Crippen molar-refractivity contribution in [1.29, 1.82) is 0 Å². The van der Waals surface area contributed by atoms with Crippen LogP contribution in [0.4, 0.5) is 5.69 Å². The number of aliphatic imine (C=N–C) groups is 1. The number of hydrogen-bond donors (Lipinski definition) is 1. The third-order valence-electron chi connectivity index (χ3n) is 10.4. The van der Waals surface area contributed by atoms with Crippen molar-refractivity contribution in [3.8, 4) is 22.2 Å². The molecule has 1 atom stereocenters. The number of halogens is 2. The zero-order valence-electron chi connectivity index (χ0n) is 35.9. The molecule has 13 nitrogen and oxygen atoms in total. The van der Waals surface area contributed by atoms with Crippen LogP contribution in [-0.4, -0.2) is 91.0 Å². The third kappa shape index (κ3) is 12.1. The maximum atomic E-state index is 13.2. The Balaban J connectivity index is 0.752. The number of rotatable bonds is 22. The number of thiophene rings is 1. The zero-order valence-corrected chi connectivity index (χ0v) is 38.3. The summed E-state index contributed by atoms with van der Waals surface area (Å²) < 4.78 is 30.8. The maximum absolute atomic E-state index is 13.2. The molecule has 0 radical (unpaired) electrons. The molecule has 0 bridgehead atoms. The predicted octanol–water partition coefficient (Wildman–Crippen LogP) is 9.00. The summed E-state index contributed by atoms with van der Waals surface area (Å²) in [6.07, 6.45) is 0.103. The number of nitrogens with one attached hydrogen (secondary N) is 1. The van der Waals surface area contributed by atoms with Crippen molar-refractivity contribution in [2.45, 2.75) is 39.8 Å². The molecule has 0 unspecified atom stereocenters. The number of aromatic nitrogens is 3. The highest BCUT2D eigenvalue weighted by atomic mass is 35.5. The molecule has 1 aliphatic heterocycles. The second-order valence-corrected chi connectivity index (χ2v) is 16.7. The van der Waals surface area contributed by atoms with Gasteiger partial charge in [0.2, 0.25) is 11.8 Å². The van der Waals surface area contributed by atoms with E-state index in [2.05, 4.69) is 29.4 Å². The minimum Gasteiger partial charge on any atom is -0.491 e. The van der Waals surface area contributed by atoms with E-state index in [1.165, 1.54) is 4.88 Å². The molecule has 16 heteroatoms. The predicted molar refractivity (Wildman–Crippen MR) is 250 cm³/mol. The van der Waals surface area contributed by atoms with Crippen LogP contribution < -0.4 is 19.7 Å². The Morgan fingerprint density at radius 3 is 2.06 bits per heavy atom. The van der Waals surface area contributed by atoms with Crippen LogP contribution in [0.25, 0.3) is 5.00 Å². The molecule has 6 aromatic rings. The van der Waals surface area contributed by atoms with E-state index in [0.717, 1.165) is 44.5 Å². The van der Waals surface area contributed by atoms with Gasteiger partial charge < -0.3 is 33.9 Å². The SMILES string of the molecule is Cc1sc2c(c1C)C(c1ccc(Cl)cc1)=N[C@@H](CC(=O)NCCOCCOCCOCCOc1ccc(Oc3ccc(N(Cc4ccccc4)C(=O)CCl)cc3)cc1)c1nnc(C)n1-2. The Hall–Kier alpha value is -5.61. The summed E-state index contributed by atoms with van der Waals surface area (Å²) in [6, 6.07) is 31.5. The molecule has 0 spiro atoms. The molecule has 4 aromatic carbocycles. The zero-order chi connectivity index (χ0) is 44.8. The second kappa shape index (κ2) is 22.8. The number of aryl methyl sites for hydroxylation is 2. The molecular formula is C48H50Cl2N6O7S. The van der Waals surface area contributed by atoms with E-state index in [0.29, 0.717) is 87.4 Å². The molecule has 7 rings (SSSR count). The average Bonchev–Trinajstić information content (AvgIpc) is 3.79. The van der Waals surface area contributed by atoms with Gasteiger partial charge >= 0.3 is 0 Å². The lowest BCUT2D eigenvalue weighted by Crippen LogP contribution is -2.31. The van der Waals surface area contributed by atoms with Gasteiger partial charge in [0, 0.05) is 33.3 Å². The lowest BCUT2D eigenvalue weighted by atomic mass is 9.99. The minimum atomic E-state index is -0.543. The Morgan fingerprint density at radius 2 is 1.39 bits per heavy atom. The van der Waals surface area contributed by atoms with E-state index < -0.39 is 6.04 Å². The van der Waals surface area contributed by atoms with Gasteiger partial charge in [-0.05, 0) is 92.6 Å². The first-order valence-electron chi connectivity index (χ1n) is 21.0. The van der Waals surface area contributed by atoms with Crippen LogP contribution in [0.3, 0.4) is 0 Å². The highest BCUT2D eigenvalue weighted by Crippen LogP contribution is 2.39. The van der Waals surface area contributed by atoms with E-state index in [4.69, 9.17) is 51.9 Å². The first-order chi connectivity index (χ1) is 31.2. The molecule has 3 heterocycles. The van der Waals surface area contributed by atoms with Crippen molar-refractivity contribution < 1.29 is 33.3 Å². The number of alkyl halides is 1. The molecule has 0 saturated carbocycles. The van der Waals surface area contributed by atoms with E-state index in [9.17, 15) is 9.59 Å². The van der Waals surface area contributed by atoms with Crippen molar-refractivity contribution in [2.24, 2.45) is 4.99 Å². The second-order valence-electron chi connectivity index (χ2n) is 14.8. The van der Waals surface area contributed by atoms with Crippen LogP contribution >= 0.6 is 34.5 Å². The molecule has 334 valence electrons. The number of benzene rings is 4. The fourth-order valence-corrected chi connectivity index (χ4v) is 8.48. The van der Waals surface area contributed by atoms with Gasteiger partial charge in [-0.3, -0.25) is 19.1 Å². The Labute approximate surface area is 386 Å². The summed E-state index contributed by atoms with van der Waals surface area (Å²) in [5.41, 5.74) is 5.62. The average molecular weight is 926 g/mol. The number of ether oxygens (including phenoxy) is 5. The standard InChI is InChI=1S/C48H50Cl2N6O7S/c1-32-33(2)64-48-45(32)46(36-9-11-37(50)12-10-36)52-42(47-54-53-34(3)56(47)48)29-43(57)51-21-22-59-23-24-60-25-26-61-27-28-62-39-17-19-41(20-18-39)63-40-15-13-38(14-16-40)55(44(58)30-49)31-35-7-5-4-6-8-35/h4-20,42H,21-31H2,1-3H3,(H,51,57)/t42-/m0/s1. The van der Waals surface area contributed by atoms with Crippen LogP contribution in [-0.2, 0) is 30.3 Å². The largest absolute Gasteiger partial charge is 0.491 e. The summed E-state index contributed by atoms with van der Waals surface area (Å²) in [5, 5.41) is 13.4. The number of carbonyl (C=O) groups is 2. The lowest BCUT2D eigenvalue weighted by molar-refractivity contribution is -0.121. The van der Waals surface area contributed by atoms with Gasteiger partial charge in [0.25, 0.3) is 0 Å². The van der Waals surface area contributed by atoms with Crippen molar-refractivity contribution in [3.05, 3.63) is 147 Å². The lowest BCUT2D eigenvalue weighted by Gasteiger charge is -2.22. The van der Waals surface area contributed by atoms with Gasteiger partial charge in [0.05, 0.1) is 58.3 Å². The molecule has 1 N–H and O–H groups in total. The van der Waals surface area contributed by atoms with Crippen molar-refractivity contribution >= 4 is 57.8 Å². The van der Waals surface area contributed by atoms with Gasteiger partial charge in [0.1, 0.15) is 46.6 Å². The summed E-state index contributed by atoms with van der Waals surface area (Å²) in [4.78, 5) is 33.8. The van der Waals surface area contributed by atoms with Gasteiger partial charge in [-0.1, -0.05) is 54.1 Å². The van der Waals surface area contributed by atoms with Crippen LogP contribution in [0, 0.1) is 20.8 Å². The fraction of sp³-hybridized carbons (Fsp3) is 0.312. The number of hydrogen-bond acceptors (Lipinski definition) is 11. The molecule has 2 amide bonds. The van der Waals surface area contributed by atoms with Gasteiger partial charge in [0.15, 0.2) is 5.82 Å². The van der Waals surface area contributed by atoms with E-state index >= 15 is 0 Å². The quantitative estimate of drug-likeness (QED) is 0.0522. The molecule has 64 heavy (non-hydrogen) atoms. The minimum absolute atomic E-state index is 0.103. The Morgan fingerprint density at radius 1 is 0.766 bits per heavy atom. The third-order valence-corrected chi connectivity index (χ3v) is 12.0. The Bertz CT molecular complexity index is 2500. The highest BCUT2D eigenvalue weighted by Gasteiger charge is 2.32. The summed E-state index contributed by atoms with van der Waals surface area (Å²) in [5.74, 6) is 2.90. The normalized spacial score (nSPS) is 13.1. The number of carbonyl (C=O) groups excluding carboxylic acids is 2. The number of amides is 2. The van der Waals surface area contributed by atoms with Crippen LogP contribution in [0.15, 0.2) is 108 Å². The van der Waals surface area contributed by atoms with Crippen molar-refractivity contribution in [1.82, 2.24) is 20.1 Å². The van der Waals surface area contributed by atoms with Crippen molar-refractivity contribution in [2.75, 3.05) is 63.6 Å². The fourth-order valence-electron chi connectivity index (χ4n) is 7.00.